The van der Waals surface area contributed by atoms with Crippen LogP contribution in [0.15, 0.2) is 49.1 Å². The Balaban J connectivity index is 2.12. The van der Waals surface area contributed by atoms with E-state index in [1.165, 1.54) is 0 Å². The molecular formula is C17H18N4O3. The number of nitrogens with one attached hydrogen (secondary N) is 2. The summed E-state index contributed by atoms with van der Waals surface area (Å²) in [5, 5.41) is 13.4. The molecule has 24 heavy (non-hydrogen) atoms. The Morgan fingerprint density at radius 1 is 1.21 bits per heavy atom. The molecule has 2 aromatic rings. The van der Waals surface area contributed by atoms with Crippen LogP contribution in [0.25, 0.3) is 0 Å². The molecule has 1 aromatic heterocycles. The highest BCUT2D eigenvalue weighted by Crippen LogP contribution is 2.17. The summed E-state index contributed by atoms with van der Waals surface area (Å²) in [7, 11) is 0. The minimum Gasteiger partial charge on any atom is -0.462 e. The number of rotatable bonds is 7. The smallest absolute Gasteiger partial charge is 0.340 e. The zero-order chi connectivity index (χ0) is 17.4. The van der Waals surface area contributed by atoms with Gasteiger partial charge in [0.25, 0.3) is 5.91 Å². The third kappa shape index (κ3) is 4.39. The summed E-state index contributed by atoms with van der Waals surface area (Å²) < 4.78 is 4.97. The van der Waals surface area contributed by atoms with Gasteiger partial charge in [0.1, 0.15) is 5.82 Å². The van der Waals surface area contributed by atoms with Crippen molar-refractivity contribution in [1.29, 1.82) is 0 Å². The molecule has 7 nitrogen and oxygen atoms in total. The average Bonchev–Trinajstić information content (AvgIpc) is 2.61. The van der Waals surface area contributed by atoms with Gasteiger partial charge in [-0.15, -0.1) is 16.8 Å². The van der Waals surface area contributed by atoms with Gasteiger partial charge in [0.05, 0.1) is 17.9 Å². The molecule has 0 aliphatic heterocycles. The van der Waals surface area contributed by atoms with Crippen molar-refractivity contribution in [3.8, 4) is 0 Å². The summed E-state index contributed by atoms with van der Waals surface area (Å²) in [6.07, 6.45) is 1.69. The monoisotopic (exact) mass is 326 g/mol. The Morgan fingerprint density at radius 3 is 2.67 bits per heavy atom. The van der Waals surface area contributed by atoms with E-state index >= 15 is 0 Å². The molecule has 0 aliphatic rings. The minimum atomic E-state index is -0.497. The predicted octanol–water partition coefficient (Wildman–Crippen LogP) is 2.50. The summed E-state index contributed by atoms with van der Waals surface area (Å²) in [6, 6.07) is 9.80. The fourth-order valence-electron chi connectivity index (χ4n) is 1.89. The lowest BCUT2D eigenvalue weighted by molar-refractivity contribution is 0.0527. The second kappa shape index (κ2) is 8.42. The van der Waals surface area contributed by atoms with Crippen LogP contribution in [0.1, 0.15) is 27.8 Å². The van der Waals surface area contributed by atoms with Crippen LogP contribution in [-0.2, 0) is 4.74 Å². The Hall–Kier alpha value is -3.22. The van der Waals surface area contributed by atoms with Gasteiger partial charge >= 0.3 is 5.97 Å². The highest BCUT2D eigenvalue weighted by atomic mass is 16.5. The predicted molar refractivity (Wildman–Crippen MR) is 91.1 cm³/mol. The van der Waals surface area contributed by atoms with E-state index in [4.69, 9.17) is 4.74 Å². The molecule has 0 bridgehead atoms. The van der Waals surface area contributed by atoms with Crippen LogP contribution in [0.3, 0.4) is 0 Å². The molecule has 0 saturated heterocycles. The Morgan fingerprint density at radius 2 is 2.00 bits per heavy atom. The third-order valence-corrected chi connectivity index (χ3v) is 3.00. The van der Waals surface area contributed by atoms with Gasteiger partial charge in [0, 0.05) is 6.54 Å². The number of anilines is 2. The normalized spacial score (nSPS) is 9.88. The van der Waals surface area contributed by atoms with Gasteiger partial charge in [0.15, 0.2) is 5.69 Å². The van der Waals surface area contributed by atoms with E-state index in [9.17, 15) is 9.59 Å². The molecule has 124 valence electrons. The van der Waals surface area contributed by atoms with Gasteiger partial charge < -0.3 is 15.4 Å². The van der Waals surface area contributed by atoms with Crippen molar-refractivity contribution >= 4 is 23.4 Å². The van der Waals surface area contributed by atoms with Crippen LogP contribution in [0.2, 0.25) is 0 Å². The number of esters is 1. The van der Waals surface area contributed by atoms with Crippen LogP contribution < -0.4 is 10.6 Å². The number of hydrogen-bond donors (Lipinski definition) is 2. The second-order valence-electron chi connectivity index (χ2n) is 4.69. The quantitative estimate of drug-likeness (QED) is 0.600. The Bertz CT molecular complexity index is 729. The molecule has 0 unspecified atom stereocenters. The molecule has 0 radical (unpaired) electrons. The third-order valence-electron chi connectivity index (χ3n) is 3.00. The molecular weight excluding hydrogens is 308 g/mol. The zero-order valence-corrected chi connectivity index (χ0v) is 13.3. The van der Waals surface area contributed by atoms with Crippen molar-refractivity contribution in [1.82, 2.24) is 10.2 Å². The number of amides is 1. The number of benzene rings is 1. The van der Waals surface area contributed by atoms with E-state index in [0.29, 0.717) is 18.1 Å². The van der Waals surface area contributed by atoms with E-state index in [2.05, 4.69) is 27.4 Å². The summed E-state index contributed by atoms with van der Waals surface area (Å²) in [6.45, 7) is 6.11. The summed E-state index contributed by atoms with van der Waals surface area (Å²) in [5.74, 6) is -0.420. The van der Waals surface area contributed by atoms with E-state index in [1.807, 2.05) is 0 Å². The molecule has 1 heterocycles. The molecule has 0 fully saturated rings. The highest BCUT2D eigenvalue weighted by molar-refractivity contribution is 6.07. The summed E-state index contributed by atoms with van der Waals surface area (Å²) in [5.41, 5.74) is 0.777. The zero-order valence-electron chi connectivity index (χ0n) is 13.3. The number of aromatic nitrogens is 2. The van der Waals surface area contributed by atoms with Gasteiger partial charge in [-0.25, -0.2) is 4.79 Å². The average molecular weight is 326 g/mol. The minimum absolute atomic E-state index is 0.137. The van der Waals surface area contributed by atoms with Crippen molar-refractivity contribution in [2.45, 2.75) is 6.92 Å². The number of carbonyl (C=O) groups excluding carboxylic acids is 2. The van der Waals surface area contributed by atoms with Gasteiger partial charge in [-0.05, 0) is 31.2 Å². The number of carbonyl (C=O) groups is 2. The SMILES string of the molecule is C=CCNc1ccc(C(=O)Nc2ccccc2C(=O)OCC)nn1. The number of hydrogen-bond acceptors (Lipinski definition) is 6. The first-order valence-corrected chi connectivity index (χ1v) is 7.41. The summed E-state index contributed by atoms with van der Waals surface area (Å²) >= 11 is 0. The maximum Gasteiger partial charge on any atom is 0.340 e. The van der Waals surface area contributed by atoms with Crippen LogP contribution >= 0.6 is 0 Å². The van der Waals surface area contributed by atoms with Crippen molar-refractivity contribution in [3.05, 3.63) is 60.3 Å². The molecule has 1 amide bonds. The first kappa shape index (κ1) is 17.1. The fraction of sp³-hybridized carbons (Fsp3) is 0.176. The molecule has 0 saturated carbocycles. The molecule has 7 heteroatoms. The largest absolute Gasteiger partial charge is 0.462 e. The van der Waals surface area contributed by atoms with E-state index in [-0.39, 0.29) is 17.9 Å². The van der Waals surface area contributed by atoms with Gasteiger partial charge in [0.2, 0.25) is 0 Å². The second-order valence-corrected chi connectivity index (χ2v) is 4.69. The molecule has 0 spiro atoms. The van der Waals surface area contributed by atoms with Crippen LogP contribution in [0.4, 0.5) is 11.5 Å². The standard InChI is InChI=1S/C17H18N4O3/c1-3-11-18-15-10-9-14(20-21-15)16(22)19-13-8-6-5-7-12(13)17(23)24-4-2/h3,5-10H,1,4,11H2,2H3,(H,18,21)(H,19,22). The van der Waals surface area contributed by atoms with Gasteiger partial charge in [-0.2, -0.15) is 0 Å². The molecule has 2 rings (SSSR count). The molecule has 2 N–H and O–H groups in total. The first-order valence-electron chi connectivity index (χ1n) is 7.41. The van der Waals surface area contributed by atoms with Crippen LogP contribution in [-0.4, -0.2) is 35.2 Å². The van der Waals surface area contributed by atoms with Crippen molar-refractivity contribution in [2.24, 2.45) is 0 Å². The number of para-hydroxylation sites is 1. The van der Waals surface area contributed by atoms with Gasteiger partial charge in [-0.3, -0.25) is 4.79 Å². The van der Waals surface area contributed by atoms with Crippen molar-refractivity contribution in [3.63, 3.8) is 0 Å². The first-order chi connectivity index (χ1) is 11.7. The Kier molecular flexibility index (Phi) is 6.01. The Labute approximate surface area is 139 Å². The maximum atomic E-state index is 12.3. The lowest BCUT2D eigenvalue weighted by Gasteiger charge is -2.10. The lowest BCUT2D eigenvalue weighted by atomic mass is 10.1. The van der Waals surface area contributed by atoms with Crippen LogP contribution in [0.5, 0.6) is 0 Å². The maximum absolute atomic E-state index is 12.3. The highest BCUT2D eigenvalue weighted by Gasteiger charge is 2.15. The van der Waals surface area contributed by atoms with Crippen molar-refractivity contribution < 1.29 is 14.3 Å². The molecule has 1 aromatic carbocycles. The summed E-state index contributed by atoms with van der Waals surface area (Å²) in [4.78, 5) is 24.2. The number of nitrogens with zero attached hydrogens (tertiary/aromatic N) is 2. The fourth-order valence-corrected chi connectivity index (χ4v) is 1.89. The lowest BCUT2D eigenvalue weighted by Crippen LogP contribution is -2.17. The van der Waals surface area contributed by atoms with Crippen molar-refractivity contribution in [2.75, 3.05) is 23.8 Å². The van der Waals surface area contributed by atoms with E-state index in [0.717, 1.165) is 0 Å². The van der Waals surface area contributed by atoms with E-state index in [1.54, 1.807) is 49.4 Å². The van der Waals surface area contributed by atoms with E-state index < -0.39 is 11.9 Å². The van der Waals surface area contributed by atoms with Gasteiger partial charge in [-0.1, -0.05) is 18.2 Å². The topological polar surface area (TPSA) is 93.2 Å². The molecule has 0 atom stereocenters. The van der Waals surface area contributed by atoms with Crippen LogP contribution in [0, 0.1) is 0 Å². The number of ether oxygens (including phenoxy) is 1. The molecule has 0 aliphatic carbocycles.